The molecule has 394 valence electrons. The summed E-state index contributed by atoms with van der Waals surface area (Å²) in [6.45, 7) is 13.6. The van der Waals surface area contributed by atoms with Crippen LogP contribution >= 0.6 is 0 Å². The van der Waals surface area contributed by atoms with Crippen LogP contribution in [0.5, 0.6) is 0 Å². The summed E-state index contributed by atoms with van der Waals surface area (Å²) >= 11 is 0. The lowest BCUT2D eigenvalue weighted by Crippen LogP contribution is -2.59. The fraction of sp³-hybridized carbons (Fsp3) is 0.500. The van der Waals surface area contributed by atoms with Gasteiger partial charge in [0.1, 0.15) is 30.0 Å². The summed E-state index contributed by atoms with van der Waals surface area (Å²) in [5.74, 6) is -4.17. The molecule has 73 heavy (non-hydrogen) atoms. The zero-order chi connectivity index (χ0) is 53.7. The molecule has 2 aliphatic heterocycles. The Hall–Kier alpha value is -6.99. The van der Waals surface area contributed by atoms with Crippen LogP contribution in [-0.4, -0.2) is 138 Å². The summed E-state index contributed by atoms with van der Waals surface area (Å²) in [5, 5.41) is 23.3. The van der Waals surface area contributed by atoms with E-state index in [4.69, 9.17) is 0 Å². The summed E-state index contributed by atoms with van der Waals surface area (Å²) in [4.78, 5) is 126. The van der Waals surface area contributed by atoms with Crippen molar-refractivity contribution in [2.45, 2.75) is 141 Å². The summed E-state index contributed by atoms with van der Waals surface area (Å²) in [5.41, 5.74) is 1.16. The zero-order valence-corrected chi connectivity index (χ0v) is 43.7. The number of Topliss-reactive ketones (excluding diaryl/α,β-unsaturated/α-hetero) is 1. The van der Waals surface area contributed by atoms with Crippen LogP contribution in [0.2, 0.25) is 0 Å². The van der Waals surface area contributed by atoms with Gasteiger partial charge < -0.3 is 57.1 Å². The van der Waals surface area contributed by atoms with Crippen LogP contribution in [0.3, 0.4) is 0 Å². The SMILES string of the molecule is CN[C@@H](C)C(=O)N[C@@H](CCC(C)=O)C(=O)N1C[C@@H](NC(=O)c2cccc(C(=O)N[C@H]3C[C@@H](C(=O)N[C@H](C)c4ccccc4)N(C(=O)[C@@H](NC(=O)[C@H](C)NC)C(C)(C)C)C3)c2)CC1C(=O)N[C@H](C)c1ccccc1. The minimum absolute atomic E-state index is 0.000549. The summed E-state index contributed by atoms with van der Waals surface area (Å²) in [6.07, 6.45) is 0.0804. The molecule has 19 nitrogen and oxygen atoms in total. The Labute approximate surface area is 428 Å². The quantitative estimate of drug-likeness (QED) is 0.0770. The van der Waals surface area contributed by atoms with Gasteiger partial charge in [0, 0.05) is 42.7 Å². The summed E-state index contributed by atoms with van der Waals surface area (Å²) < 4.78 is 0. The van der Waals surface area contributed by atoms with E-state index in [1.165, 1.54) is 34.9 Å². The Morgan fingerprint density at radius 1 is 0.575 bits per heavy atom. The molecule has 0 spiro atoms. The van der Waals surface area contributed by atoms with Crippen LogP contribution in [0.1, 0.15) is 125 Å². The zero-order valence-electron chi connectivity index (χ0n) is 43.7. The lowest BCUT2D eigenvalue weighted by atomic mass is 9.85. The monoisotopic (exact) mass is 1010 g/mol. The molecular weight excluding hydrogens is 933 g/mol. The maximum atomic E-state index is 14.5. The largest absolute Gasteiger partial charge is 0.348 e. The Kier molecular flexibility index (Phi) is 20.0. The number of hydrogen-bond donors (Lipinski definition) is 8. The first kappa shape index (κ1) is 56.9. The van der Waals surface area contributed by atoms with Crippen molar-refractivity contribution >= 4 is 53.0 Å². The highest BCUT2D eigenvalue weighted by Gasteiger charge is 2.46. The molecule has 19 heteroatoms. The third-order valence-corrected chi connectivity index (χ3v) is 13.6. The first-order chi connectivity index (χ1) is 34.5. The van der Waals surface area contributed by atoms with Crippen molar-refractivity contribution in [2.24, 2.45) is 5.41 Å². The normalized spacial score (nSPS) is 20.0. The third kappa shape index (κ3) is 15.3. The highest BCUT2D eigenvalue weighted by molar-refractivity contribution is 6.01. The van der Waals surface area contributed by atoms with Crippen molar-refractivity contribution in [1.82, 2.24) is 52.3 Å². The number of likely N-dealkylation sites (N-methyl/N-ethyl adjacent to an activating group) is 2. The van der Waals surface area contributed by atoms with Crippen LogP contribution < -0.4 is 42.5 Å². The van der Waals surface area contributed by atoms with E-state index in [9.17, 15) is 43.2 Å². The molecule has 5 rings (SSSR count). The Morgan fingerprint density at radius 2 is 1.00 bits per heavy atom. The molecule has 0 aliphatic carbocycles. The molecule has 1 unspecified atom stereocenters. The molecule has 2 fully saturated rings. The molecule has 8 N–H and O–H groups in total. The molecule has 3 aromatic rings. The second-order valence-corrected chi connectivity index (χ2v) is 20.3. The van der Waals surface area contributed by atoms with E-state index in [1.807, 2.05) is 95.3 Å². The number of carbonyl (C=O) groups is 9. The minimum atomic E-state index is -1.14. The average Bonchev–Trinajstić information content (AvgIpc) is 4.00. The molecule has 10 atom stereocenters. The molecule has 0 bridgehead atoms. The number of hydrogen-bond acceptors (Lipinski definition) is 11. The smallest absolute Gasteiger partial charge is 0.251 e. The van der Waals surface area contributed by atoms with Crippen molar-refractivity contribution < 1.29 is 43.2 Å². The molecule has 2 saturated heterocycles. The molecule has 3 aromatic carbocycles. The molecule has 8 amide bonds. The van der Waals surface area contributed by atoms with Crippen LogP contribution in [0, 0.1) is 5.41 Å². The van der Waals surface area contributed by atoms with Gasteiger partial charge in [0.25, 0.3) is 11.8 Å². The Morgan fingerprint density at radius 3 is 1.41 bits per heavy atom. The van der Waals surface area contributed by atoms with Gasteiger partial charge >= 0.3 is 0 Å². The van der Waals surface area contributed by atoms with Gasteiger partial charge in [0.05, 0.1) is 24.2 Å². The number of nitrogens with zero attached hydrogens (tertiary/aromatic N) is 2. The van der Waals surface area contributed by atoms with Crippen molar-refractivity contribution in [1.29, 1.82) is 0 Å². The molecular formula is C54H74N10O9. The number of nitrogens with one attached hydrogen (secondary N) is 8. The number of amides is 8. The molecule has 0 saturated carbocycles. The Bertz CT molecular complexity index is 2470. The fourth-order valence-electron chi connectivity index (χ4n) is 8.92. The molecule has 2 aliphatic rings. The minimum Gasteiger partial charge on any atom is -0.348 e. The standard InChI is InChI=1S/C54H74N10O9/c1-31(65)24-25-42(61-46(66)34(4)55-9)52(72)63-29-40(27-43(63)50(70)57-32(2)36-18-13-11-14-19-36)59-48(68)38-22-17-23-39(26-38)49(69)60-41-28-44(51(71)58-33(3)37-20-15-12-16-21-37)64(30-41)53(73)45(54(6,7)8)62-47(67)35(5)56-10/h11-23,26,32-35,40-45,55-56H,24-25,27-30H2,1-10H3,(H,57,70)(H,58,71)(H,59,68)(H,60,69)(H,61,66)(H,62,67)/t32-,33-,34+,35+,40+,41+,42+,43?,44+,45-/m1/s1. The molecule has 0 radical (unpaired) electrons. The first-order valence-corrected chi connectivity index (χ1v) is 25.0. The van der Waals surface area contributed by atoms with Gasteiger partial charge in [-0.1, -0.05) is 87.5 Å². The van der Waals surface area contributed by atoms with Gasteiger partial charge in [-0.05, 0) is 103 Å². The maximum Gasteiger partial charge on any atom is 0.251 e. The van der Waals surface area contributed by atoms with Gasteiger partial charge in [0.15, 0.2) is 0 Å². The number of rotatable bonds is 21. The van der Waals surface area contributed by atoms with Crippen LogP contribution in [0.4, 0.5) is 0 Å². The van der Waals surface area contributed by atoms with Crippen LogP contribution in [0.15, 0.2) is 84.9 Å². The second kappa shape index (κ2) is 25.6. The molecule has 0 aromatic heterocycles. The lowest BCUT2D eigenvalue weighted by molar-refractivity contribution is -0.144. The van der Waals surface area contributed by atoms with E-state index in [2.05, 4.69) is 42.5 Å². The third-order valence-electron chi connectivity index (χ3n) is 13.6. The summed E-state index contributed by atoms with van der Waals surface area (Å²) in [6, 6.07) is 16.9. The number of carbonyl (C=O) groups excluding carboxylic acids is 9. The van der Waals surface area contributed by atoms with Crippen molar-refractivity contribution in [2.75, 3.05) is 27.2 Å². The van der Waals surface area contributed by atoms with E-state index in [-0.39, 0.29) is 55.7 Å². The predicted octanol–water partition coefficient (Wildman–Crippen LogP) is 2.44. The lowest BCUT2D eigenvalue weighted by Gasteiger charge is -2.36. The van der Waals surface area contributed by atoms with Crippen molar-refractivity contribution in [3.8, 4) is 0 Å². The van der Waals surface area contributed by atoms with Gasteiger partial charge in [-0.25, -0.2) is 0 Å². The van der Waals surface area contributed by atoms with Crippen molar-refractivity contribution in [3.05, 3.63) is 107 Å². The average molecular weight is 1010 g/mol. The van der Waals surface area contributed by atoms with Crippen molar-refractivity contribution in [3.63, 3.8) is 0 Å². The highest BCUT2D eigenvalue weighted by Crippen LogP contribution is 2.28. The topological polar surface area (TPSA) is 256 Å². The van der Waals surface area contributed by atoms with Gasteiger partial charge in [-0.15, -0.1) is 0 Å². The van der Waals surface area contributed by atoms with E-state index in [0.717, 1.165) is 11.1 Å². The fourth-order valence-corrected chi connectivity index (χ4v) is 8.92. The van der Waals surface area contributed by atoms with Gasteiger partial charge in [0.2, 0.25) is 35.4 Å². The van der Waals surface area contributed by atoms with Gasteiger partial charge in [-0.3, -0.25) is 38.4 Å². The molecule has 2 heterocycles. The number of benzene rings is 3. The maximum absolute atomic E-state index is 14.5. The number of likely N-dealkylation sites (tertiary alicyclic amines) is 2. The van der Waals surface area contributed by atoms with Crippen LogP contribution in [0.25, 0.3) is 0 Å². The second-order valence-electron chi connectivity index (χ2n) is 20.3. The highest BCUT2D eigenvalue weighted by atomic mass is 16.2. The first-order valence-electron chi connectivity index (χ1n) is 25.0. The van der Waals surface area contributed by atoms with Crippen LogP contribution in [-0.2, 0) is 33.6 Å². The van der Waals surface area contributed by atoms with Gasteiger partial charge in [-0.2, -0.15) is 0 Å². The predicted molar refractivity (Wildman–Crippen MR) is 275 cm³/mol. The van der Waals surface area contributed by atoms with E-state index in [0.29, 0.717) is 0 Å². The van der Waals surface area contributed by atoms with E-state index in [1.54, 1.807) is 34.0 Å². The van der Waals surface area contributed by atoms with E-state index >= 15 is 0 Å². The number of ketones is 1. The van der Waals surface area contributed by atoms with E-state index < -0.39 is 113 Å². The Balaban J connectivity index is 1.35. The summed E-state index contributed by atoms with van der Waals surface area (Å²) in [7, 11) is 3.23.